The van der Waals surface area contributed by atoms with Crippen LogP contribution in [0.4, 0.5) is 5.69 Å². The monoisotopic (exact) mass is 446 g/mol. The lowest BCUT2D eigenvalue weighted by molar-refractivity contribution is -0.122. The van der Waals surface area contributed by atoms with Crippen molar-refractivity contribution in [1.82, 2.24) is 5.32 Å². The van der Waals surface area contributed by atoms with Gasteiger partial charge in [0, 0.05) is 12.6 Å². The Bertz CT molecular complexity index is 1050. The fraction of sp³-hybridized carbons (Fsp3) is 0.435. The lowest BCUT2D eigenvalue weighted by Gasteiger charge is -2.29. The molecule has 168 valence electrons. The Morgan fingerprint density at radius 2 is 1.74 bits per heavy atom. The van der Waals surface area contributed by atoms with Crippen molar-refractivity contribution in [2.45, 2.75) is 46.2 Å². The van der Waals surface area contributed by atoms with E-state index < -0.39 is 16.1 Å². The number of carbonyl (C=O) groups excluding carboxylic acids is 1. The highest BCUT2D eigenvalue weighted by Gasteiger charge is 2.30. The molecule has 0 aliphatic carbocycles. The molecule has 31 heavy (non-hydrogen) atoms. The minimum Gasteiger partial charge on any atom is -0.486 e. The minimum atomic E-state index is -3.72. The molecule has 2 aromatic carbocycles. The van der Waals surface area contributed by atoms with Crippen LogP contribution in [0.5, 0.6) is 11.5 Å². The van der Waals surface area contributed by atoms with Crippen molar-refractivity contribution in [2.75, 3.05) is 23.8 Å². The number of fused-ring (bicyclic) bond motifs is 1. The van der Waals surface area contributed by atoms with Crippen LogP contribution in [0.25, 0.3) is 0 Å². The van der Waals surface area contributed by atoms with Gasteiger partial charge in [0.1, 0.15) is 19.3 Å². The van der Waals surface area contributed by atoms with Gasteiger partial charge in [0.05, 0.1) is 11.9 Å². The van der Waals surface area contributed by atoms with E-state index in [0.29, 0.717) is 36.9 Å². The molecule has 0 saturated carbocycles. The van der Waals surface area contributed by atoms with Gasteiger partial charge < -0.3 is 14.8 Å². The highest BCUT2D eigenvalue weighted by atomic mass is 32.2. The molecule has 1 unspecified atom stereocenters. The molecule has 2 aromatic rings. The first-order valence-electron chi connectivity index (χ1n) is 10.5. The van der Waals surface area contributed by atoms with Gasteiger partial charge in [-0.25, -0.2) is 8.42 Å². The van der Waals surface area contributed by atoms with Gasteiger partial charge in [-0.05, 0) is 48.6 Å². The molecule has 1 aliphatic heterocycles. The maximum Gasteiger partial charge on any atom is 0.243 e. The molecule has 1 atom stereocenters. The zero-order chi connectivity index (χ0) is 22.6. The first-order valence-corrected chi connectivity index (χ1v) is 12.4. The molecular formula is C23H30N2O5S. The summed E-state index contributed by atoms with van der Waals surface area (Å²) in [7, 11) is -3.72. The summed E-state index contributed by atoms with van der Waals surface area (Å²) >= 11 is 0. The third kappa shape index (κ3) is 5.31. The molecule has 7 nitrogen and oxygen atoms in total. The highest BCUT2D eigenvalue weighted by Crippen LogP contribution is 2.35. The van der Waals surface area contributed by atoms with E-state index in [1.54, 1.807) is 25.1 Å². The van der Waals surface area contributed by atoms with Crippen LogP contribution in [-0.4, -0.2) is 39.8 Å². The van der Waals surface area contributed by atoms with Crippen molar-refractivity contribution in [3.05, 3.63) is 53.1 Å². The molecule has 1 aliphatic rings. The first-order chi connectivity index (χ1) is 14.7. The van der Waals surface area contributed by atoms with E-state index in [1.807, 2.05) is 0 Å². The number of carbonyl (C=O) groups is 1. The smallest absolute Gasteiger partial charge is 0.243 e. The summed E-state index contributed by atoms with van der Waals surface area (Å²) in [6, 6.07) is 10.2. The van der Waals surface area contributed by atoms with E-state index in [-0.39, 0.29) is 5.91 Å². The van der Waals surface area contributed by atoms with Gasteiger partial charge in [-0.2, -0.15) is 0 Å². The molecule has 3 rings (SSSR count). The number of sulfonamides is 1. The molecule has 0 bridgehead atoms. The quantitative estimate of drug-likeness (QED) is 0.674. The van der Waals surface area contributed by atoms with E-state index in [4.69, 9.17) is 9.47 Å². The van der Waals surface area contributed by atoms with Crippen molar-refractivity contribution >= 4 is 21.6 Å². The van der Waals surface area contributed by atoms with Gasteiger partial charge in [0.2, 0.25) is 15.9 Å². The van der Waals surface area contributed by atoms with Crippen molar-refractivity contribution in [3.8, 4) is 11.5 Å². The van der Waals surface area contributed by atoms with Crippen LogP contribution < -0.4 is 19.1 Å². The molecule has 0 radical (unpaired) electrons. The number of aryl methyl sites for hydroxylation is 2. The number of hydrogen-bond acceptors (Lipinski definition) is 5. The first kappa shape index (κ1) is 22.9. The fourth-order valence-electron chi connectivity index (χ4n) is 3.72. The van der Waals surface area contributed by atoms with Crippen molar-refractivity contribution in [3.63, 3.8) is 0 Å². The van der Waals surface area contributed by atoms with E-state index in [2.05, 4.69) is 37.4 Å². The van der Waals surface area contributed by atoms with Crippen molar-refractivity contribution < 1.29 is 22.7 Å². The van der Waals surface area contributed by atoms with Crippen LogP contribution in [0.1, 0.15) is 37.5 Å². The molecular weight excluding hydrogens is 416 g/mol. The van der Waals surface area contributed by atoms with E-state index in [9.17, 15) is 13.2 Å². The zero-order valence-corrected chi connectivity index (χ0v) is 19.3. The molecule has 0 spiro atoms. The topological polar surface area (TPSA) is 84.9 Å². The summed E-state index contributed by atoms with van der Waals surface area (Å²) in [6.07, 6.45) is 2.86. The zero-order valence-electron chi connectivity index (χ0n) is 18.5. The van der Waals surface area contributed by atoms with Crippen LogP contribution in [0, 0.1) is 0 Å². The Balaban J connectivity index is 1.81. The molecule has 1 heterocycles. The van der Waals surface area contributed by atoms with Crippen molar-refractivity contribution in [2.24, 2.45) is 0 Å². The Morgan fingerprint density at radius 1 is 1.03 bits per heavy atom. The molecule has 0 fully saturated rings. The summed E-state index contributed by atoms with van der Waals surface area (Å²) in [4.78, 5) is 12.9. The third-order valence-electron chi connectivity index (χ3n) is 5.38. The molecule has 8 heteroatoms. The van der Waals surface area contributed by atoms with Crippen LogP contribution in [0.2, 0.25) is 0 Å². The third-order valence-corrected chi connectivity index (χ3v) is 6.62. The van der Waals surface area contributed by atoms with Gasteiger partial charge in [-0.1, -0.05) is 32.0 Å². The van der Waals surface area contributed by atoms with Crippen LogP contribution in [0.3, 0.4) is 0 Å². The largest absolute Gasteiger partial charge is 0.486 e. The number of amides is 1. The number of nitrogens with zero attached hydrogens (tertiary/aromatic N) is 1. The summed E-state index contributed by atoms with van der Waals surface area (Å²) in [5, 5.41) is 2.91. The summed E-state index contributed by atoms with van der Waals surface area (Å²) in [6.45, 7) is 6.92. The van der Waals surface area contributed by atoms with Crippen LogP contribution in [0.15, 0.2) is 36.4 Å². The van der Waals surface area contributed by atoms with Gasteiger partial charge in [0.25, 0.3) is 0 Å². The fourth-order valence-corrected chi connectivity index (χ4v) is 4.88. The second-order valence-corrected chi connectivity index (χ2v) is 9.45. The Labute approximate surface area is 184 Å². The molecule has 1 amide bonds. The Morgan fingerprint density at radius 3 is 2.39 bits per heavy atom. The highest BCUT2D eigenvalue weighted by molar-refractivity contribution is 7.92. The van der Waals surface area contributed by atoms with Crippen molar-refractivity contribution in [1.29, 1.82) is 0 Å². The standard InChI is InChI=1S/C23H30N2O5S/c1-5-17-7-8-18(6-2)19(13-17)15-24-23(26)16(3)25(31(4,27)28)20-9-10-21-22(14-20)30-12-11-29-21/h7-10,13-14,16H,5-6,11-12,15H2,1-4H3,(H,24,26). The van der Waals surface area contributed by atoms with Crippen LogP contribution in [-0.2, 0) is 34.2 Å². The molecule has 0 saturated heterocycles. The second kappa shape index (κ2) is 9.60. The average molecular weight is 447 g/mol. The SMILES string of the molecule is CCc1ccc(CC)c(CNC(=O)C(C)N(c2ccc3c(c2)OCCO3)S(C)(=O)=O)c1. The van der Waals surface area contributed by atoms with E-state index >= 15 is 0 Å². The maximum atomic E-state index is 12.9. The lowest BCUT2D eigenvalue weighted by atomic mass is 10.0. The Kier molecular flexibility index (Phi) is 7.10. The predicted molar refractivity (Wildman–Crippen MR) is 121 cm³/mol. The van der Waals surface area contributed by atoms with Gasteiger partial charge in [-0.15, -0.1) is 0 Å². The minimum absolute atomic E-state index is 0.346. The molecule has 1 N–H and O–H groups in total. The number of ether oxygens (including phenoxy) is 2. The van der Waals surface area contributed by atoms with Gasteiger partial charge in [0.15, 0.2) is 11.5 Å². The van der Waals surface area contributed by atoms with Gasteiger partial charge >= 0.3 is 0 Å². The molecule has 0 aromatic heterocycles. The number of nitrogens with one attached hydrogen (secondary N) is 1. The number of hydrogen-bond donors (Lipinski definition) is 1. The van der Waals surface area contributed by atoms with E-state index in [1.165, 1.54) is 5.56 Å². The second-order valence-electron chi connectivity index (χ2n) is 7.59. The van der Waals surface area contributed by atoms with Crippen LogP contribution >= 0.6 is 0 Å². The summed E-state index contributed by atoms with van der Waals surface area (Å²) < 4.78 is 37.4. The predicted octanol–water partition coefficient (Wildman–Crippen LogP) is 3.05. The average Bonchev–Trinajstić information content (AvgIpc) is 2.76. The summed E-state index contributed by atoms with van der Waals surface area (Å²) in [5.41, 5.74) is 3.77. The maximum absolute atomic E-state index is 12.9. The number of benzene rings is 2. The lowest BCUT2D eigenvalue weighted by Crippen LogP contribution is -2.47. The van der Waals surface area contributed by atoms with Gasteiger partial charge in [-0.3, -0.25) is 9.10 Å². The normalized spacial score (nSPS) is 14.1. The Hall–Kier alpha value is -2.74. The number of rotatable bonds is 8. The number of anilines is 1. The van der Waals surface area contributed by atoms with E-state index in [0.717, 1.165) is 34.5 Å². The summed E-state index contributed by atoms with van der Waals surface area (Å²) in [5.74, 6) is 0.654.